The summed E-state index contributed by atoms with van der Waals surface area (Å²) in [6.07, 6.45) is 16.9. The lowest BCUT2D eigenvalue weighted by molar-refractivity contribution is -0.00550. The van der Waals surface area contributed by atoms with Crippen molar-refractivity contribution in [1.82, 2.24) is 19.5 Å². The highest BCUT2D eigenvalue weighted by Crippen LogP contribution is 2.62. The molecule has 66 heavy (non-hydrogen) atoms. The van der Waals surface area contributed by atoms with Gasteiger partial charge in [-0.25, -0.2) is 15.0 Å². The molecule has 8 bridgehead atoms. The zero-order chi connectivity index (χ0) is 43.7. The molecule has 5 nitrogen and oxygen atoms in total. The quantitative estimate of drug-likeness (QED) is 0.160. The first kappa shape index (κ1) is 38.8. The Kier molecular flexibility index (Phi) is 8.57. The van der Waals surface area contributed by atoms with Crippen LogP contribution in [0.3, 0.4) is 0 Å². The topological polar surface area (TPSA) is 67.4 Å². The van der Waals surface area contributed by atoms with Crippen molar-refractivity contribution in [3.05, 3.63) is 156 Å². The van der Waals surface area contributed by atoms with Gasteiger partial charge in [-0.3, -0.25) is 0 Å². The molecular formula is C61H55N5. The van der Waals surface area contributed by atoms with Gasteiger partial charge < -0.3 is 4.57 Å². The number of rotatable bonds is 7. The maximum Gasteiger partial charge on any atom is 0.164 e. The molecule has 0 radical (unpaired) electrons. The SMILES string of the molecule is Cc1cc(-c2cccc(-c3nc(-c4ccc(C56CC7CC(CC(C7)C5)C6)cc4)nc(-c4ccc5c6ccc(C#N)cc6n(-c6ccccc6)c5c4)n3)c2)ccc1C12CC3CC(CC(C3)C1)C2. The third-order valence-corrected chi connectivity index (χ3v) is 17.9. The van der Waals surface area contributed by atoms with E-state index in [0.29, 0.717) is 33.9 Å². The fourth-order valence-electron chi connectivity index (χ4n) is 16.0. The van der Waals surface area contributed by atoms with Gasteiger partial charge in [0.05, 0.1) is 22.7 Å². The van der Waals surface area contributed by atoms with Crippen LogP contribution < -0.4 is 0 Å². The Morgan fingerprint density at radius 3 is 1.58 bits per heavy atom. The zero-order valence-corrected chi connectivity index (χ0v) is 37.9. The smallest absolute Gasteiger partial charge is 0.164 e. The lowest BCUT2D eigenvalue weighted by atomic mass is 9.47. The molecule has 0 aliphatic heterocycles. The normalized spacial score (nSPS) is 28.1. The number of aromatic nitrogens is 4. The van der Waals surface area contributed by atoms with E-state index in [1.54, 1.807) is 5.56 Å². The summed E-state index contributed by atoms with van der Waals surface area (Å²) in [5.74, 6) is 7.48. The Morgan fingerprint density at radius 1 is 0.470 bits per heavy atom. The molecule has 8 saturated carbocycles. The van der Waals surface area contributed by atoms with E-state index in [4.69, 9.17) is 15.0 Å². The molecule has 8 aromatic rings. The lowest BCUT2D eigenvalue weighted by Crippen LogP contribution is -2.48. The van der Waals surface area contributed by atoms with Gasteiger partial charge in [0, 0.05) is 33.2 Å². The number of para-hydroxylation sites is 1. The summed E-state index contributed by atoms with van der Waals surface area (Å²) >= 11 is 0. The molecule has 5 heteroatoms. The minimum atomic E-state index is 0.329. The summed E-state index contributed by atoms with van der Waals surface area (Å²) in [5, 5.41) is 12.1. The Balaban J connectivity index is 0.881. The molecule has 0 atom stereocenters. The fourth-order valence-corrected chi connectivity index (χ4v) is 16.0. The number of fused-ring (bicyclic) bond motifs is 3. The van der Waals surface area contributed by atoms with E-state index in [9.17, 15) is 5.26 Å². The molecule has 0 spiro atoms. The van der Waals surface area contributed by atoms with Crippen LogP contribution in [-0.4, -0.2) is 19.5 Å². The largest absolute Gasteiger partial charge is 0.309 e. The van der Waals surface area contributed by atoms with Crippen LogP contribution in [0, 0.1) is 53.8 Å². The van der Waals surface area contributed by atoms with Crippen LogP contribution >= 0.6 is 0 Å². The van der Waals surface area contributed by atoms with E-state index in [2.05, 4.69) is 133 Å². The summed E-state index contributed by atoms with van der Waals surface area (Å²) in [5.41, 5.74) is 14.3. The van der Waals surface area contributed by atoms with Gasteiger partial charge in [-0.1, -0.05) is 97.1 Å². The Bertz CT molecular complexity index is 3220. The van der Waals surface area contributed by atoms with Crippen LogP contribution in [0.25, 0.3) is 72.8 Å². The van der Waals surface area contributed by atoms with Crippen LogP contribution in [0.15, 0.2) is 133 Å². The molecule has 0 N–H and O–H groups in total. The van der Waals surface area contributed by atoms with Crippen molar-refractivity contribution in [2.45, 2.75) is 94.8 Å². The van der Waals surface area contributed by atoms with Gasteiger partial charge in [0.1, 0.15) is 0 Å². The summed E-state index contributed by atoms with van der Waals surface area (Å²) in [7, 11) is 0. The number of hydrogen-bond donors (Lipinski definition) is 0. The van der Waals surface area contributed by atoms with Crippen LogP contribution in [0.1, 0.15) is 99.3 Å². The fraction of sp³-hybridized carbons (Fsp3) is 0.344. The number of aryl methyl sites for hydroxylation is 1. The van der Waals surface area contributed by atoms with Crippen molar-refractivity contribution in [2.24, 2.45) is 35.5 Å². The zero-order valence-electron chi connectivity index (χ0n) is 37.9. The van der Waals surface area contributed by atoms with E-state index in [1.807, 2.05) is 18.2 Å². The Labute approximate surface area is 388 Å². The number of nitriles is 1. The second-order valence-electron chi connectivity index (χ2n) is 22.1. The molecule has 8 aliphatic rings. The lowest BCUT2D eigenvalue weighted by Gasteiger charge is -2.57. The highest BCUT2D eigenvalue weighted by atomic mass is 15.0. The Morgan fingerprint density at radius 2 is 0.970 bits per heavy atom. The van der Waals surface area contributed by atoms with Gasteiger partial charge in [0.25, 0.3) is 0 Å². The van der Waals surface area contributed by atoms with E-state index >= 15 is 0 Å². The highest BCUT2D eigenvalue weighted by Gasteiger charge is 2.53. The molecule has 6 aromatic carbocycles. The average molecular weight is 858 g/mol. The molecule has 16 rings (SSSR count). The number of nitrogens with zero attached hydrogens (tertiary/aromatic N) is 5. The van der Waals surface area contributed by atoms with Crippen molar-refractivity contribution in [3.63, 3.8) is 0 Å². The molecule has 2 aromatic heterocycles. The Hall–Kier alpha value is -6.38. The third-order valence-electron chi connectivity index (χ3n) is 17.9. The standard InChI is InChI=1S/C61H55N5/c1-37-20-47(14-19-54(37)61-33-42-24-43(34-61)26-44(25-42)35-61)46-6-5-7-48(28-46)58-63-57(45-11-15-50(16-12-45)60-30-39-21-40(31-60)23-41(22-39)32-60)64-59(65-58)49-13-18-53-52-17-10-38(36-62)27-55(52)66(56(53)29-49)51-8-3-2-4-9-51/h2-20,27-29,39-44H,21-26,30-35H2,1H3. The minimum absolute atomic E-state index is 0.329. The molecule has 0 saturated heterocycles. The van der Waals surface area contributed by atoms with Crippen molar-refractivity contribution in [1.29, 1.82) is 5.26 Å². The molecule has 0 amide bonds. The van der Waals surface area contributed by atoms with Crippen molar-refractivity contribution in [2.75, 3.05) is 0 Å². The molecule has 2 heterocycles. The first-order valence-electron chi connectivity index (χ1n) is 25.0. The van der Waals surface area contributed by atoms with E-state index in [1.165, 1.54) is 99.3 Å². The maximum absolute atomic E-state index is 9.91. The second-order valence-corrected chi connectivity index (χ2v) is 22.1. The van der Waals surface area contributed by atoms with Gasteiger partial charge in [-0.2, -0.15) is 5.26 Å². The predicted octanol–water partition coefficient (Wildman–Crippen LogP) is 14.8. The van der Waals surface area contributed by atoms with Gasteiger partial charge in [-0.05, 0) is 195 Å². The summed E-state index contributed by atoms with van der Waals surface area (Å²) in [6, 6.07) is 50.9. The monoisotopic (exact) mass is 857 g/mol. The number of benzene rings is 6. The summed E-state index contributed by atoms with van der Waals surface area (Å²) < 4.78 is 2.27. The molecule has 0 unspecified atom stereocenters. The summed E-state index contributed by atoms with van der Waals surface area (Å²) in [4.78, 5) is 16.0. The maximum atomic E-state index is 9.91. The van der Waals surface area contributed by atoms with Crippen molar-refractivity contribution < 1.29 is 0 Å². The van der Waals surface area contributed by atoms with Crippen molar-refractivity contribution >= 4 is 21.8 Å². The molecule has 8 fully saturated rings. The van der Waals surface area contributed by atoms with E-state index in [0.717, 1.165) is 79.7 Å². The van der Waals surface area contributed by atoms with Gasteiger partial charge in [-0.15, -0.1) is 0 Å². The van der Waals surface area contributed by atoms with Gasteiger partial charge in [0.2, 0.25) is 0 Å². The molecule has 324 valence electrons. The van der Waals surface area contributed by atoms with Crippen LogP contribution in [0.5, 0.6) is 0 Å². The van der Waals surface area contributed by atoms with Crippen LogP contribution in [-0.2, 0) is 10.8 Å². The average Bonchev–Trinajstić information content (AvgIpc) is 3.66. The number of hydrogen-bond acceptors (Lipinski definition) is 4. The summed E-state index contributed by atoms with van der Waals surface area (Å²) in [6.45, 7) is 2.36. The molecule has 8 aliphatic carbocycles. The minimum Gasteiger partial charge on any atom is -0.309 e. The van der Waals surface area contributed by atoms with E-state index < -0.39 is 0 Å². The second kappa shape index (κ2) is 14.6. The van der Waals surface area contributed by atoms with Crippen molar-refractivity contribution in [3.8, 4) is 57.0 Å². The molecular weight excluding hydrogens is 803 g/mol. The third kappa shape index (κ3) is 6.20. The first-order chi connectivity index (χ1) is 32.3. The van der Waals surface area contributed by atoms with Crippen LogP contribution in [0.2, 0.25) is 0 Å². The first-order valence-corrected chi connectivity index (χ1v) is 25.0. The van der Waals surface area contributed by atoms with Gasteiger partial charge in [0.15, 0.2) is 17.5 Å². The highest BCUT2D eigenvalue weighted by molar-refractivity contribution is 6.10. The van der Waals surface area contributed by atoms with Gasteiger partial charge >= 0.3 is 0 Å². The predicted molar refractivity (Wildman–Crippen MR) is 265 cm³/mol. The van der Waals surface area contributed by atoms with Crippen LogP contribution in [0.4, 0.5) is 0 Å². The van der Waals surface area contributed by atoms with E-state index in [-0.39, 0.29) is 0 Å².